The second-order valence-electron chi connectivity index (χ2n) is 7.78. The molecule has 4 atom stereocenters. The smallest absolute Gasteiger partial charge is 0.305 e. The number of esters is 1. The van der Waals surface area contributed by atoms with Crippen LogP contribution in [0.15, 0.2) is 46.5 Å². The van der Waals surface area contributed by atoms with Crippen molar-refractivity contribution in [2.45, 2.75) is 62.0 Å². The molecule has 0 saturated heterocycles. The zero-order valence-corrected chi connectivity index (χ0v) is 18.6. The Balaban J connectivity index is 1.81. The zero-order valence-electron chi connectivity index (χ0n) is 17.8. The van der Waals surface area contributed by atoms with Crippen LogP contribution in [-0.2, 0) is 9.53 Å². The number of aliphatic hydroxyl groups is 2. The summed E-state index contributed by atoms with van der Waals surface area (Å²) in [6.07, 6.45) is 6.57. The van der Waals surface area contributed by atoms with Gasteiger partial charge in [0.25, 0.3) is 0 Å². The van der Waals surface area contributed by atoms with Crippen LogP contribution >= 0.6 is 11.8 Å². The molecule has 0 heterocycles. The highest BCUT2D eigenvalue weighted by atomic mass is 32.2. The van der Waals surface area contributed by atoms with Gasteiger partial charge in [-0.1, -0.05) is 29.4 Å². The normalized spacial score (nSPS) is 23.5. The van der Waals surface area contributed by atoms with Gasteiger partial charge in [0.05, 0.1) is 25.0 Å². The first kappa shape index (κ1) is 25.4. The minimum atomic E-state index is -0.628. The summed E-state index contributed by atoms with van der Waals surface area (Å²) in [7, 11) is 1.37. The van der Waals surface area contributed by atoms with E-state index in [0.717, 1.165) is 6.42 Å². The van der Waals surface area contributed by atoms with Gasteiger partial charge in [0.2, 0.25) is 0 Å². The zero-order chi connectivity index (χ0) is 22.6. The first-order chi connectivity index (χ1) is 15.0. The molecule has 1 aromatic rings. The number of oxime groups is 1. The first-order valence-electron chi connectivity index (χ1n) is 10.6. The number of ether oxygens (including phenoxy) is 1. The van der Waals surface area contributed by atoms with Gasteiger partial charge >= 0.3 is 5.97 Å². The van der Waals surface area contributed by atoms with Crippen molar-refractivity contribution in [1.82, 2.24) is 0 Å². The third-order valence-corrected chi connectivity index (χ3v) is 6.81. The predicted molar refractivity (Wildman–Crippen MR) is 119 cm³/mol. The molecule has 31 heavy (non-hydrogen) atoms. The van der Waals surface area contributed by atoms with Crippen LogP contribution in [0, 0.1) is 17.7 Å². The molecule has 0 aliphatic heterocycles. The summed E-state index contributed by atoms with van der Waals surface area (Å²) in [6, 6.07) is 6.47. The van der Waals surface area contributed by atoms with E-state index < -0.39 is 12.2 Å². The number of rotatable bonds is 12. The first-order valence-corrected chi connectivity index (χ1v) is 11.6. The van der Waals surface area contributed by atoms with Gasteiger partial charge in [-0.3, -0.25) is 4.79 Å². The fraction of sp³-hybridized carbons (Fsp3) is 0.565. The van der Waals surface area contributed by atoms with E-state index in [-0.39, 0.29) is 23.6 Å². The van der Waals surface area contributed by atoms with E-state index in [2.05, 4.69) is 9.89 Å². The van der Waals surface area contributed by atoms with E-state index in [0.29, 0.717) is 54.9 Å². The van der Waals surface area contributed by atoms with Gasteiger partial charge in [-0.2, -0.15) is 0 Å². The molecule has 1 aliphatic carbocycles. The average Bonchev–Trinajstić information content (AvgIpc) is 3.08. The van der Waals surface area contributed by atoms with E-state index in [4.69, 9.17) is 0 Å². The number of thioether (sulfide) groups is 1. The van der Waals surface area contributed by atoms with Crippen molar-refractivity contribution in [2.75, 3.05) is 12.9 Å². The summed E-state index contributed by atoms with van der Waals surface area (Å²) in [6.45, 7) is 0. The molecule has 1 fully saturated rings. The van der Waals surface area contributed by atoms with Crippen LogP contribution in [-0.4, -0.2) is 52.2 Å². The monoisotopic (exact) mass is 453 g/mol. The van der Waals surface area contributed by atoms with E-state index in [1.54, 1.807) is 18.2 Å². The minimum absolute atomic E-state index is 0.0887. The molecule has 8 heteroatoms. The van der Waals surface area contributed by atoms with Gasteiger partial charge in [-0.25, -0.2) is 4.39 Å². The summed E-state index contributed by atoms with van der Waals surface area (Å²) >= 11 is 1.27. The summed E-state index contributed by atoms with van der Waals surface area (Å²) in [4.78, 5) is 11.6. The molecule has 1 saturated carbocycles. The molecule has 0 aromatic heterocycles. The second kappa shape index (κ2) is 13.5. The van der Waals surface area contributed by atoms with E-state index in [1.165, 1.54) is 24.9 Å². The molecule has 0 radical (unpaired) electrons. The maximum Gasteiger partial charge on any atom is 0.305 e. The van der Waals surface area contributed by atoms with Crippen molar-refractivity contribution in [2.24, 2.45) is 17.0 Å². The molecule has 0 amide bonds. The van der Waals surface area contributed by atoms with Crippen LogP contribution < -0.4 is 0 Å². The highest BCUT2D eigenvalue weighted by Crippen LogP contribution is 2.37. The Kier molecular flexibility index (Phi) is 11.0. The molecule has 172 valence electrons. The van der Waals surface area contributed by atoms with Gasteiger partial charge in [0, 0.05) is 29.4 Å². The summed E-state index contributed by atoms with van der Waals surface area (Å²) in [5.74, 6) is -0.365. The van der Waals surface area contributed by atoms with E-state index in [1.807, 2.05) is 12.2 Å². The highest BCUT2D eigenvalue weighted by Gasteiger charge is 2.39. The van der Waals surface area contributed by atoms with E-state index in [9.17, 15) is 24.6 Å². The number of carbonyl (C=O) groups is 1. The molecule has 1 aromatic carbocycles. The Morgan fingerprint density at radius 2 is 2.16 bits per heavy atom. The summed E-state index contributed by atoms with van der Waals surface area (Å²) in [5, 5.41) is 33.5. The predicted octanol–water partition coefficient (Wildman–Crippen LogP) is 4.18. The molecule has 0 spiro atoms. The third-order valence-electron chi connectivity index (χ3n) is 5.62. The average molecular weight is 454 g/mol. The number of methoxy groups -OCH3 is 1. The number of allylic oxidation sites excluding steroid dienone is 2. The highest BCUT2D eigenvalue weighted by molar-refractivity contribution is 7.99. The van der Waals surface area contributed by atoms with Gasteiger partial charge < -0.3 is 20.2 Å². The van der Waals surface area contributed by atoms with Gasteiger partial charge in [-0.15, -0.1) is 11.8 Å². The lowest BCUT2D eigenvalue weighted by atomic mass is 9.86. The van der Waals surface area contributed by atoms with Gasteiger partial charge in [0.15, 0.2) is 0 Å². The van der Waals surface area contributed by atoms with Gasteiger partial charge in [-0.05, 0) is 50.2 Å². The number of nitrogens with zero attached hydrogens (tertiary/aromatic N) is 1. The van der Waals surface area contributed by atoms with Crippen LogP contribution in [0.2, 0.25) is 0 Å². The Hall–Kier alpha value is -1.90. The lowest BCUT2D eigenvalue weighted by molar-refractivity contribution is -0.140. The van der Waals surface area contributed by atoms with Crippen LogP contribution in [0.5, 0.6) is 0 Å². The SMILES string of the molecule is COC(=O)CCC/C=C/CC1C(O)C/C(=N/O)C1CCC(O)CSc1ccccc1F. The van der Waals surface area contributed by atoms with Crippen molar-refractivity contribution >= 4 is 23.4 Å². The number of hydrogen-bond donors (Lipinski definition) is 3. The Labute approximate surface area is 187 Å². The number of carbonyl (C=O) groups excluding carboxylic acids is 1. The Bertz CT molecular complexity index is 757. The molecular formula is C23H32FNO5S. The quantitative estimate of drug-likeness (QED) is 0.110. The lowest BCUT2D eigenvalue weighted by Crippen LogP contribution is -2.22. The van der Waals surface area contributed by atoms with Crippen molar-refractivity contribution in [3.63, 3.8) is 0 Å². The van der Waals surface area contributed by atoms with Crippen LogP contribution in [0.3, 0.4) is 0 Å². The number of unbranched alkanes of at least 4 members (excludes halogenated alkanes) is 1. The Morgan fingerprint density at radius 3 is 2.87 bits per heavy atom. The molecule has 2 rings (SSSR count). The molecule has 1 aliphatic rings. The van der Waals surface area contributed by atoms with Crippen molar-refractivity contribution in [3.8, 4) is 0 Å². The fourth-order valence-corrected chi connectivity index (χ4v) is 4.81. The third kappa shape index (κ3) is 8.27. The second-order valence-corrected chi connectivity index (χ2v) is 8.84. The molecule has 6 nitrogen and oxygen atoms in total. The molecule has 0 bridgehead atoms. The topological polar surface area (TPSA) is 99.4 Å². The largest absolute Gasteiger partial charge is 0.469 e. The fourth-order valence-electron chi connectivity index (χ4n) is 3.89. The van der Waals surface area contributed by atoms with E-state index >= 15 is 0 Å². The lowest BCUT2D eigenvalue weighted by Gasteiger charge is -2.21. The summed E-state index contributed by atoms with van der Waals surface area (Å²) in [5.41, 5.74) is 0.561. The number of benzene rings is 1. The van der Waals surface area contributed by atoms with Crippen molar-refractivity contribution in [3.05, 3.63) is 42.2 Å². The maximum atomic E-state index is 13.7. The number of hydrogen-bond acceptors (Lipinski definition) is 7. The molecule has 3 N–H and O–H groups in total. The Morgan fingerprint density at radius 1 is 1.39 bits per heavy atom. The van der Waals surface area contributed by atoms with Crippen LogP contribution in [0.4, 0.5) is 4.39 Å². The number of aliphatic hydroxyl groups excluding tert-OH is 2. The summed E-state index contributed by atoms with van der Waals surface area (Å²) < 4.78 is 18.3. The molecular weight excluding hydrogens is 421 g/mol. The van der Waals surface area contributed by atoms with Crippen LogP contribution in [0.25, 0.3) is 0 Å². The van der Waals surface area contributed by atoms with Gasteiger partial charge in [0.1, 0.15) is 5.82 Å². The number of halogens is 1. The minimum Gasteiger partial charge on any atom is -0.469 e. The maximum absolute atomic E-state index is 13.7. The van der Waals surface area contributed by atoms with Crippen molar-refractivity contribution < 1.29 is 29.3 Å². The standard InChI is InChI=1S/C23H32FNO5S/c1-30-23(28)11-5-3-2-4-8-18-17(20(25-29)14-21(18)27)13-12-16(26)15-31-22-10-7-6-9-19(22)24/h2,4,6-7,9-10,16-18,21,26-27,29H,3,5,8,11-15H2,1H3/b4-2+,25-20-. The van der Waals surface area contributed by atoms with Crippen LogP contribution in [0.1, 0.15) is 44.9 Å². The molecule has 4 unspecified atom stereocenters. The van der Waals surface area contributed by atoms with Crippen molar-refractivity contribution in [1.29, 1.82) is 0 Å².